The van der Waals surface area contributed by atoms with Crippen molar-refractivity contribution in [3.63, 3.8) is 0 Å². The van der Waals surface area contributed by atoms with Crippen LogP contribution in [0.3, 0.4) is 0 Å². The normalized spacial score (nSPS) is 12.7. The zero-order chi connectivity index (χ0) is 22.0. The molecule has 6 nitrogen and oxygen atoms in total. The first-order chi connectivity index (χ1) is 14.9. The third-order valence-electron chi connectivity index (χ3n) is 5.07. The Morgan fingerprint density at radius 3 is 2.48 bits per heavy atom. The number of aromatic amines is 1. The van der Waals surface area contributed by atoms with E-state index in [-0.39, 0.29) is 16.5 Å². The van der Waals surface area contributed by atoms with Crippen LogP contribution in [0.15, 0.2) is 83.9 Å². The highest BCUT2D eigenvalue weighted by Crippen LogP contribution is 2.34. The lowest BCUT2D eigenvalue weighted by atomic mass is 9.91. The number of hydrogen-bond donors (Lipinski definition) is 3. The quantitative estimate of drug-likeness (QED) is 0.382. The molecule has 0 fully saturated rings. The standard InChI is InChI=1S/C23H19ClN2O4S/c24-19-11-10-16(12-21(19)31(29,30)26-13-15-6-2-1-3-7-15)22(23(27)28)18-14-25-20-9-5-4-8-17(18)20/h1-12,14,22,25-26H,13H2,(H,27,28). The summed E-state index contributed by atoms with van der Waals surface area (Å²) in [6.45, 7) is 0.0918. The first-order valence-corrected chi connectivity index (χ1v) is 11.3. The SMILES string of the molecule is O=C(O)C(c1ccc(Cl)c(S(=O)(=O)NCc2ccccc2)c1)c1c[nH]c2ccccc12. The van der Waals surface area contributed by atoms with Crippen LogP contribution in [0, 0.1) is 0 Å². The van der Waals surface area contributed by atoms with Crippen molar-refractivity contribution in [3.05, 3.63) is 101 Å². The molecule has 0 aliphatic carbocycles. The molecule has 0 spiro atoms. The number of H-pyrrole nitrogens is 1. The summed E-state index contributed by atoms with van der Waals surface area (Å²) in [4.78, 5) is 15.1. The van der Waals surface area contributed by atoms with E-state index in [0.717, 1.165) is 16.5 Å². The summed E-state index contributed by atoms with van der Waals surface area (Å²) in [5.74, 6) is -2.15. The molecule has 0 aliphatic heterocycles. The lowest BCUT2D eigenvalue weighted by molar-refractivity contribution is -0.137. The molecular formula is C23H19ClN2O4S. The molecular weight excluding hydrogens is 436 g/mol. The molecule has 1 heterocycles. The molecule has 4 aromatic rings. The Bertz CT molecular complexity index is 1350. The number of hydrogen-bond acceptors (Lipinski definition) is 3. The van der Waals surface area contributed by atoms with Crippen LogP contribution in [0.2, 0.25) is 5.02 Å². The minimum Gasteiger partial charge on any atom is -0.481 e. The smallest absolute Gasteiger partial charge is 0.315 e. The van der Waals surface area contributed by atoms with E-state index >= 15 is 0 Å². The van der Waals surface area contributed by atoms with Gasteiger partial charge in [0, 0.05) is 23.6 Å². The van der Waals surface area contributed by atoms with Gasteiger partial charge < -0.3 is 10.1 Å². The Kier molecular flexibility index (Phi) is 5.82. The number of carboxylic acid groups (broad SMARTS) is 1. The monoisotopic (exact) mass is 454 g/mol. The second-order valence-electron chi connectivity index (χ2n) is 7.06. The Morgan fingerprint density at radius 1 is 1.03 bits per heavy atom. The van der Waals surface area contributed by atoms with Gasteiger partial charge in [0.15, 0.2) is 0 Å². The van der Waals surface area contributed by atoms with Crippen molar-refractivity contribution in [2.75, 3.05) is 0 Å². The molecule has 1 unspecified atom stereocenters. The van der Waals surface area contributed by atoms with E-state index < -0.39 is 21.9 Å². The van der Waals surface area contributed by atoms with Gasteiger partial charge in [-0.05, 0) is 34.9 Å². The van der Waals surface area contributed by atoms with Gasteiger partial charge in [-0.1, -0.05) is 66.2 Å². The number of rotatable bonds is 7. The molecule has 0 saturated carbocycles. The van der Waals surface area contributed by atoms with E-state index in [4.69, 9.17) is 11.6 Å². The van der Waals surface area contributed by atoms with Gasteiger partial charge in [0.25, 0.3) is 0 Å². The van der Waals surface area contributed by atoms with Gasteiger partial charge >= 0.3 is 5.97 Å². The third-order valence-corrected chi connectivity index (χ3v) is 6.95. The molecule has 1 atom stereocenters. The third kappa shape index (κ3) is 4.34. The van der Waals surface area contributed by atoms with Crippen LogP contribution in [-0.4, -0.2) is 24.5 Å². The van der Waals surface area contributed by atoms with Crippen LogP contribution in [0.4, 0.5) is 0 Å². The molecule has 0 aliphatic rings. The number of aliphatic carboxylic acids is 1. The predicted octanol–water partition coefficient (Wildman–Crippen LogP) is 4.52. The second kappa shape index (κ2) is 8.55. The van der Waals surface area contributed by atoms with Crippen molar-refractivity contribution in [1.82, 2.24) is 9.71 Å². The van der Waals surface area contributed by atoms with Crippen LogP contribution in [0.25, 0.3) is 10.9 Å². The van der Waals surface area contributed by atoms with E-state index in [2.05, 4.69) is 9.71 Å². The number of carbonyl (C=O) groups is 1. The van der Waals surface area contributed by atoms with Crippen molar-refractivity contribution >= 4 is 38.5 Å². The molecule has 3 aromatic carbocycles. The number of para-hydroxylation sites is 1. The highest BCUT2D eigenvalue weighted by atomic mass is 35.5. The Balaban J connectivity index is 1.72. The van der Waals surface area contributed by atoms with Gasteiger partial charge in [0.2, 0.25) is 10.0 Å². The number of benzene rings is 3. The number of carboxylic acids is 1. The largest absolute Gasteiger partial charge is 0.481 e. The topological polar surface area (TPSA) is 99.3 Å². The first-order valence-electron chi connectivity index (χ1n) is 9.48. The minimum absolute atomic E-state index is 0.0207. The zero-order valence-electron chi connectivity index (χ0n) is 16.2. The van der Waals surface area contributed by atoms with Gasteiger partial charge in [0.1, 0.15) is 10.8 Å². The first kappa shape index (κ1) is 21.1. The molecule has 0 bridgehead atoms. The number of halogens is 1. The Labute approximate surface area is 184 Å². The van der Waals surface area contributed by atoms with Gasteiger partial charge in [-0.15, -0.1) is 0 Å². The van der Waals surface area contributed by atoms with Crippen molar-refractivity contribution in [3.8, 4) is 0 Å². The molecule has 158 valence electrons. The summed E-state index contributed by atoms with van der Waals surface area (Å²) in [6, 6.07) is 20.7. The van der Waals surface area contributed by atoms with Gasteiger partial charge in [0.05, 0.1) is 5.02 Å². The molecule has 0 amide bonds. The van der Waals surface area contributed by atoms with Crippen LogP contribution in [0.1, 0.15) is 22.6 Å². The van der Waals surface area contributed by atoms with Crippen LogP contribution in [0.5, 0.6) is 0 Å². The zero-order valence-corrected chi connectivity index (χ0v) is 17.8. The maximum absolute atomic E-state index is 12.9. The number of fused-ring (bicyclic) bond motifs is 1. The average Bonchev–Trinajstić information content (AvgIpc) is 3.18. The summed E-state index contributed by atoms with van der Waals surface area (Å²) in [7, 11) is -3.96. The maximum atomic E-state index is 12.9. The van der Waals surface area contributed by atoms with Crippen LogP contribution >= 0.6 is 11.6 Å². The minimum atomic E-state index is -3.96. The van der Waals surface area contributed by atoms with Gasteiger partial charge in [-0.3, -0.25) is 4.79 Å². The summed E-state index contributed by atoms with van der Waals surface area (Å²) in [5.41, 5.74) is 2.46. The van der Waals surface area contributed by atoms with Gasteiger partial charge in [-0.2, -0.15) is 0 Å². The van der Waals surface area contributed by atoms with Crippen LogP contribution < -0.4 is 4.72 Å². The summed E-state index contributed by atoms with van der Waals surface area (Å²) in [5, 5.41) is 10.7. The molecule has 1 aromatic heterocycles. The molecule has 31 heavy (non-hydrogen) atoms. The summed E-state index contributed by atoms with van der Waals surface area (Å²) in [6.07, 6.45) is 1.64. The van der Waals surface area contributed by atoms with Crippen molar-refractivity contribution in [1.29, 1.82) is 0 Å². The summed E-state index contributed by atoms with van der Waals surface area (Å²) < 4.78 is 28.4. The van der Waals surface area contributed by atoms with E-state index in [9.17, 15) is 18.3 Å². The number of sulfonamides is 1. The fraction of sp³-hybridized carbons (Fsp3) is 0.0870. The van der Waals surface area contributed by atoms with E-state index in [0.29, 0.717) is 11.1 Å². The second-order valence-corrected chi connectivity index (χ2v) is 9.20. The summed E-state index contributed by atoms with van der Waals surface area (Å²) >= 11 is 6.19. The van der Waals surface area contributed by atoms with Gasteiger partial charge in [-0.25, -0.2) is 13.1 Å². The highest BCUT2D eigenvalue weighted by Gasteiger charge is 2.28. The van der Waals surface area contributed by atoms with E-state index in [1.54, 1.807) is 24.4 Å². The van der Waals surface area contributed by atoms with Crippen molar-refractivity contribution in [2.24, 2.45) is 0 Å². The number of aromatic nitrogens is 1. The van der Waals surface area contributed by atoms with Crippen molar-refractivity contribution in [2.45, 2.75) is 17.4 Å². The van der Waals surface area contributed by atoms with Crippen molar-refractivity contribution < 1.29 is 18.3 Å². The Hall–Kier alpha value is -3.13. The fourth-order valence-electron chi connectivity index (χ4n) is 3.55. The molecule has 0 saturated heterocycles. The predicted molar refractivity (Wildman–Crippen MR) is 120 cm³/mol. The molecule has 8 heteroatoms. The average molecular weight is 455 g/mol. The van der Waals surface area contributed by atoms with E-state index in [1.165, 1.54) is 12.1 Å². The molecule has 3 N–H and O–H groups in total. The lowest BCUT2D eigenvalue weighted by Gasteiger charge is -2.15. The fourth-order valence-corrected chi connectivity index (χ4v) is 5.10. The molecule has 4 rings (SSSR count). The van der Waals surface area contributed by atoms with E-state index in [1.807, 2.05) is 42.5 Å². The number of nitrogens with one attached hydrogen (secondary N) is 2. The molecule has 0 radical (unpaired) electrons. The Morgan fingerprint density at radius 2 is 1.74 bits per heavy atom. The maximum Gasteiger partial charge on any atom is 0.315 e. The highest BCUT2D eigenvalue weighted by molar-refractivity contribution is 7.89. The lowest BCUT2D eigenvalue weighted by Crippen LogP contribution is -2.24. The van der Waals surface area contributed by atoms with Crippen LogP contribution in [-0.2, 0) is 21.4 Å².